The summed E-state index contributed by atoms with van der Waals surface area (Å²) in [7, 11) is 1.87. The standard InChI is InChI=1S/C15H31N3OS.HI/c1-5-14-12-18(8-11-20-14)15(16-4)17-7-10-19-9-6-13(2)3;/h13-14H,5-12H2,1-4H3,(H,16,17);1H. The fraction of sp³-hybridized carbons (Fsp3) is 0.933. The van der Waals surface area contributed by atoms with Crippen LogP contribution >= 0.6 is 35.7 Å². The van der Waals surface area contributed by atoms with Crippen LogP contribution in [0, 0.1) is 5.92 Å². The van der Waals surface area contributed by atoms with Gasteiger partial charge in [0.05, 0.1) is 6.61 Å². The fourth-order valence-corrected chi connectivity index (χ4v) is 3.33. The topological polar surface area (TPSA) is 36.9 Å². The molecule has 1 heterocycles. The number of thioether (sulfide) groups is 1. The molecule has 0 bridgehead atoms. The lowest BCUT2D eigenvalue weighted by atomic mass is 10.1. The highest BCUT2D eigenvalue weighted by molar-refractivity contribution is 14.0. The minimum atomic E-state index is 0. The van der Waals surface area contributed by atoms with Crippen molar-refractivity contribution in [1.29, 1.82) is 0 Å². The predicted octanol–water partition coefficient (Wildman–Crippen LogP) is 3.07. The zero-order valence-electron chi connectivity index (χ0n) is 13.9. The lowest BCUT2D eigenvalue weighted by molar-refractivity contribution is 0.127. The first-order chi connectivity index (χ1) is 9.67. The van der Waals surface area contributed by atoms with Gasteiger partial charge in [-0.15, -0.1) is 24.0 Å². The fourth-order valence-electron chi connectivity index (χ4n) is 2.15. The number of nitrogens with zero attached hydrogens (tertiary/aromatic N) is 2. The second-order valence-electron chi connectivity index (χ2n) is 5.62. The highest BCUT2D eigenvalue weighted by atomic mass is 127. The van der Waals surface area contributed by atoms with Gasteiger partial charge in [-0.25, -0.2) is 0 Å². The van der Waals surface area contributed by atoms with Crippen LogP contribution in [-0.4, -0.2) is 61.8 Å². The van der Waals surface area contributed by atoms with E-state index in [0.717, 1.165) is 50.5 Å². The van der Waals surface area contributed by atoms with Gasteiger partial charge < -0.3 is 15.0 Å². The lowest BCUT2D eigenvalue weighted by Gasteiger charge is -2.34. The SMILES string of the molecule is CCC1CN(C(=NC)NCCOCCC(C)C)CCS1.I. The van der Waals surface area contributed by atoms with Gasteiger partial charge in [0.25, 0.3) is 0 Å². The zero-order valence-corrected chi connectivity index (χ0v) is 17.1. The summed E-state index contributed by atoms with van der Waals surface area (Å²) in [5.41, 5.74) is 0. The van der Waals surface area contributed by atoms with E-state index in [2.05, 4.69) is 47.7 Å². The molecule has 1 unspecified atom stereocenters. The summed E-state index contributed by atoms with van der Waals surface area (Å²) in [6, 6.07) is 0. The normalized spacial score (nSPS) is 19.6. The van der Waals surface area contributed by atoms with E-state index in [1.165, 1.54) is 12.2 Å². The van der Waals surface area contributed by atoms with Gasteiger partial charge >= 0.3 is 0 Å². The monoisotopic (exact) mass is 429 g/mol. The van der Waals surface area contributed by atoms with Crippen LogP contribution in [0.15, 0.2) is 4.99 Å². The molecule has 1 N–H and O–H groups in total. The van der Waals surface area contributed by atoms with E-state index in [1.54, 1.807) is 0 Å². The molecule has 1 rings (SSSR count). The molecule has 0 aromatic rings. The average Bonchev–Trinajstić information content (AvgIpc) is 2.46. The molecule has 1 fully saturated rings. The van der Waals surface area contributed by atoms with Crippen molar-refractivity contribution in [2.75, 3.05) is 45.6 Å². The third-order valence-corrected chi connectivity index (χ3v) is 4.85. The second kappa shape index (κ2) is 12.8. The summed E-state index contributed by atoms with van der Waals surface area (Å²) in [5, 5.41) is 4.15. The van der Waals surface area contributed by atoms with Crippen molar-refractivity contribution in [1.82, 2.24) is 10.2 Å². The van der Waals surface area contributed by atoms with Crippen molar-refractivity contribution in [3.8, 4) is 0 Å². The molecule has 0 spiro atoms. The van der Waals surface area contributed by atoms with Crippen LogP contribution < -0.4 is 5.32 Å². The van der Waals surface area contributed by atoms with E-state index < -0.39 is 0 Å². The molecular weight excluding hydrogens is 397 g/mol. The summed E-state index contributed by atoms with van der Waals surface area (Å²) in [6.45, 7) is 11.4. The summed E-state index contributed by atoms with van der Waals surface area (Å²) >= 11 is 2.08. The third-order valence-electron chi connectivity index (χ3n) is 3.47. The maximum Gasteiger partial charge on any atom is 0.193 e. The number of aliphatic imine (C=N–C) groups is 1. The molecule has 21 heavy (non-hydrogen) atoms. The van der Waals surface area contributed by atoms with Gasteiger partial charge in [-0.05, 0) is 18.8 Å². The first-order valence-electron chi connectivity index (χ1n) is 7.82. The number of guanidine groups is 1. The van der Waals surface area contributed by atoms with E-state index >= 15 is 0 Å². The maximum absolute atomic E-state index is 5.63. The Morgan fingerprint density at radius 2 is 2.19 bits per heavy atom. The van der Waals surface area contributed by atoms with Crippen LogP contribution in [0.25, 0.3) is 0 Å². The maximum atomic E-state index is 5.63. The Balaban J connectivity index is 0.00000400. The van der Waals surface area contributed by atoms with Crippen LogP contribution in [-0.2, 0) is 4.74 Å². The molecule has 1 aliphatic rings. The second-order valence-corrected chi connectivity index (χ2v) is 7.02. The number of halogens is 1. The molecule has 0 amide bonds. The molecule has 0 saturated carbocycles. The van der Waals surface area contributed by atoms with Gasteiger partial charge in [0.1, 0.15) is 0 Å². The zero-order chi connectivity index (χ0) is 14.8. The minimum absolute atomic E-state index is 0. The summed E-state index contributed by atoms with van der Waals surface area (Å²) in [4.78, 5) is 6.77. The van der Waals surface area contributed by atoms with Gasteiger partial charge in [0.15, 0.2) is 5.96 Å². The van der Waals surface area contributed by atoms with Crippen molar-refractivity contribution in [3.63, 3.8) is 0 Å². The summed E-state index contributed by atoms with van der Waals surface area (Å²) in [5.74, 6) is 2.94. The first kappa shape index (κ1) is 21.3. The summed E-state index contributed by atoms with van der Waals surface area (Å²) in [6.07, 6.45) is 2.37. The first-order valence-corrected chi connectivity index (χ1v) is 8.87. The van der Waals surface area contributed by atoms with Crippen molar-refractivity contribution in [3.05, 3.63) is 0 Å². The van der Waals surface area contributed by atoms with E-state index in [4.69, 9.17) is 4.74 Å². The summed E-state index contributed by atoms with van der Waals surface area (Å²) < 4.78 is 5.63. The van der Waals surface area contributed by atoms with Crippen LogP contribution in [0.1, 0.15) is 33.6 Å². The third kappa shape index (κ3) is 9.13. The smallest absolute Gasteiger partial charge is 0.193 e. The van der Waals surface area contributed by atoms with Gasteiger partial charge in [-0.3, -0.25) is 4.99 Å². The Kier molecular flexibility index (Phi) is 13.0. The Morgan fingerprint density at radius 1 is 1.43 bits per heavy atom. The van der Waals surface area contributed by atoms with E-state index in [9.17, 15) is 0 Å². The molecule has 1 saturated heterocycles. The van der Waals surface area contributed by atoms with Gasteiger partial charge in [-0.2, -0.15) is 11.8 Å². The Hall–Kier alpha value is 0.310. The van der Waals surface area contributed by atoms with Crippen molar-refractivity contribution >= 4 is 41.7 Å². The Bertz CT molecular complexity index is 290. The number of ether oxygens (including phenoxy) is 1. The molecule has 1 atom stereocenters. The largest absolute Gasteiger partial charge is 0.380 e. The highest BCUT2D eigenvalue weighted by Crippen LogP contribution is 2.20. The molecule has 6 heteroatoms. The predicted molar refractivity (Wildman–Crippen MR) is 105 cm³/mol. The molecule has 0 radical (unpaired) electrons. The van der Waals surface area contributed by atoms with E-state index in [0.29, 0.717) is 5.92 Å². The van der Waals surface area contributed by atoms with Crippen molar-refractivity contribution < 1.29 is 4.74 Å². The van der Waals surface area contributed by atoms with Crippen LogP contribution in [0.3, 0.4) is 0 Å². The molecular formula is C15H32IN3OS. The van der Waals surface area contributed by atoms with Gasteiger partial charge in [0.2, 0.25) is 0 Å². The average molecular weight is 429 g/mol. The lowest BCUT2D eigenvalue weighted by Crippen LogP contribution is -2.48. The molecule has 4 nitrogen and oxygen atoms in total. The van der Waals surface area contributed by atoms with E-state index in [1.807, 2.05) is 7.05 Å². The highest BCUT2D eigenvalue weighted by Gasteiger charge is 2.21. The number of nitrogens with one attached hydrogen (secondary N) is 1. The van der Waals surface area contributed by atoms with Gasteiger partial charge in [0, 0.05) is 44.3 Å². The molecule has 0 aromatic heterocycles. The molecule has 0 aromatic carbocycles. The Labute approximate surface area is 151 Å². The van der Waals surface area contributed by atoms with Crippen molar-refractivity contribution in [2.24, 2.45) is 10.9 Å². The quantitative estimate of drug-likeness (QED) is 0.292. The van der Waals surface area contributed by atoms with E-state index in [-0.39, 0.29) is 24.0 Å². The Morgan fingerprint density at radius 3 is 2.81 bits per heavy atom. The van der Waals surface area contributed by atoms with Crippen molar-refractivity contribution in [2.45, 2.75) is 38.9 Å². The van der Waals surface area contributed by atoms with Gasteiger partial charge in [-0.1, -0.05) is 20.8 Å². The molecule has 0 aliphatic carbocycles. The number of hydrogen-bond donors (Lipinski definition) is 1. The minimum Gasteiger partial charge on any atom is -0.380 e. The molecule has 1 aliphatic heterocycles. The number of rotatable bonds is 7. The van der Waals surface area contributed by atoms with Crippen LogP contribution in [0.4, 0.5) is 0 Å². The van der Waals surface area contributed by atoms with Crippen LogP contribution in [0.2, 0.25) is 0 Å². The van der Waals surface area contributed by atoms with Crippen LogP contribution in [0.5, 0.6) is 0 Å². The molecule has 126 valence electrons. The number of hydrogen-bond acceptors (Lipinski definition) is 3.